The number of carbonyl (C=O) groups is 3. The van der Waals surface area contributed by atoms with Gasteiger partial charge in [0.2, 0.25) is 17.7 Å². The lowest BCUT2D eigenvalue weighted by molar-refractivity contribution is -0.150. The predicted octanol–water partition coefficient (Wildman–Crippen LogP) is 1.74. The van der Waals surface area contributed by atoms with Gasteiger partial charge in [0.15, 0.2) is 0 Å². The summed E-state index contributed by atoms with van der Waals surface area (Å²) in [6, 6.07) is 15.9. The normalized spacial score (nSPS) is 20.1. The van der Waals surface area contributed by atoms with Crippen molar-refractivity contribution in [2.45, 2.75) is 37.8 Å². The molecule has 2 saturated heterocycles. The first-order chi connectivity index (χ1) is 15.4. The Balaban J connectivity index is 1.34. The Kier molecular flexibility index (Phi) is 6.20. The van der Waals surface area contributed by atoms with Crippen LogP contribution in [-0.2, 0) is 20.8 Å². The number of piperazine rings is 1. The number of carbonyl (C=O) groups excluding carboxylic acids is 3. The van der Waals surface area contributed by atoms with E-state index in [2.05, 4.69) is 5.32 Å². The summed E-state index contributed by atoms with van der Waals surface area (Å²) in [5.74, 6) is -0.484. The average Bonchev–Trinajstić information content (AvgIpc) is 3.23. The van der Waals surface area contributed by atoms with E-state index in [1.165, 1.54) is 0 Å². The highest BCUT2D eigenvalue weighted by Crippen LogP contribution is 2.29. The van der Waals surface area contributed by atoms with Gasteiger partial charge in [-0.1, -0.05) is 30.3 Å². The van der Waals surface area contributed by atoms with Crippen LogP contribution in [-0.4, -0.2) is 58.5 Å². The lowest BCUT2D eigenvalue weighted by Crippen LogP contribution is -2.59. The summed E-state index contributed by atoms with van der Waals surface area (Å²) in [5, 5.41) is 10.3. The van der Waals surface area contributed by atoms with E-state index in [4.69, 9.17) is 11.1 Å². The molecular weight excluding hydrogens is 406 g/mol. The van der Waals surface area contributed by atoms with E-state index in [1.54, 1.807) is 34.1 Å². The topological polar surface area (TPSA) is 120 Å². The highest BCUT2D eigenvalue weighted by atomic mass is 16.2. The number of nitrogens with two attached hydrogens (primary N) is 1. The molecule has 0 spiro atoms. The summed E-state index contributed by atoms with van der Waals surface area (Å²) in [4.78, 5) is 41.7. The number of hydrogen-bond acceptors (Lipinski definition) is 4. The monoisotopic (exact) mass is 433 g/mol. The van der Waals surface area contributed by atoms with Gasteiger partial charge in [0, 0.05) is 24.2 Å². The first-order valence-corrected chi connectivity index (χ1v) is 10.8. The van der Waals surface area contributed by atoms with Crippen molar-refractivity contribution in [2.24, 2.45) is 5.73 Å². The fraction of sp³-hybridized carbons (Fsp3) is 0.333. The summed E-state index contributed by atoms with van der Waals surface area (Å²) in [5.41, 5.74) is 7.72. The van der Waals surface area contributed by atoms with Crippen LogP contribution < -0.4 is 11.1 Å². The highest BCUT2D eigenvalue weighted by Gasteiger charge is 2.45. The second-order valence-electron chi connectivity index (χ2n) is 8.29. The second-order valence-corrected chi connectivity index (χ2v) is 8.29. The minimum absolute atomic E-state index is 0.0151. The molecule has 2 unspecified atom stereocenters. The average molecular weight is 434 g/mol. The Bertz CT molecular complexity index is 1020. The molecule has 2 atom stereocenters. The van der Waals surface area contributed by atoms with Crippen LogP contribution in [0.1, 0.15) is 30.4 Å². The van der Waals surface area contributed by atoms with Crippen LogP contribution in [0.2, 0.25) is 0 Å². The third-order valence-corrected chi connectivity index (χ3v) is 6.14. The fourth-order valence-corrected chi connectivity index (χ4v) is 4.46. The number of hydrogen-bond donors (Lipinski definition) is 3. The molecule has 0 aromatic heterocycles. The van der Waals surface area contributed by atoms with Gasteiger partial charge < -0.3 is 20.9 Å². The number of rotatable bonds is 6. The molecule has 0 bridgehead atoms. The largest absolute Gasteiger partial charge is 0.384 e. The van der Waals surface area contributed by atoms with E-state index in [0.29, 0.717) is 43.5 Å². The van der Waals surface area contributed by atoms with Crippen molar-refractivity contribution < 1.29 is 14.4 Å². The maximum atomic E-state index is 12.9. The van der Waals surface area contributed by atoms with Crippen LogP contribution in [0.15, 0.2) is 54.6 Å². The molecule has 8 nitrogen and oxygen atoms in total. The molecular formula is C24H27N5O3. The molecule has 0 aliphatic carbocycles. The van der Waals surface area contributed by atoms with Gasteiger partial charge in [0.05, 0.1) is 12.6 Å². The van der Waals surface area contributed by atoms with Crippen molar-refractivity contribution >= 4 is 29.2 Å². The molecule has 166 valence electrons. The molecule has 2 aromatic carbocycles. The molecule has 2 aromatic rings. The van der Waals surface area contributed by atoms with Crippen LogP contribution in [0.25, 0.3) is 0 Å². The molecule has 4 rings (SSSR count). The Morgan fingerprint density at radius 1 is 1.06 bits per heavy atom. The van der Waals surface area contributed by atoms with Crippen LogP contribution in [0.4, 0.5) is 5.69 Å². The van der Waals surface area contributed by atoms with E-state index in [1.807, 2.05) is 30.3 Å². The Hall–Kier alpha value is -3.68. The first-order valence-electron chi connectivity index (χ1n) is 10.8. The number of amides is 3. The molecule has 8 heteroatoms. The van der Waals surface area contributed by atoms with Gasteiger partial charge in [-0.25, -0.2) is 0 Å². The smallest absolute Gasteiger partial charge is 0.247 e. The molecule has 2 aliphatic rings. The van der Waals surface area contributed by atoms with Crippen molar-refractivity contribution in [3.63, 3.8) is 0 Å². The number of aryl methyl sites for hydroxylation is 1. The quantitative estimate of drug-likeness (QED) is 0.475. The number of anilines is 1. The molecule has 4 N–H and O–H groups in total. The molecule has 0 radical (unpaired) electrons. The van der Waals surface area contributed by atoms with Crippen molar-refractivity contribution in [3.05, 3.63) is 65.7 Å². The Morgan fingerprint density at radius 3 is 2.47 bits per heavy atom. The van der Waals surface area contributed by atoms with Crippen molar-refractivity contribution in [3.8, 4) is 0 Å². The zero-order chi connectivity index (χ0) is 22.7. The Labute approximate surface area is 186 Å². The molecule has 2 heterocycles. The van der Waals surface area contributed by atoms with Crippen LogP contribution in [0, 0.1) is 5.41 Å². The summed E-state index contributed by atoms with van der Waals surface area (Å²) in [6.07, 6.45) is 2.27. The number of nitrogen functional groups attached to an aromatic ring is 1. The third kappa shape index (κ3) is 4.64. The summed E-state index contributed by atoms with van der Waals surface area (Å²) in [6.45, 7) is 0.484. The zero-order valence-corrected chi connectivity index (χ0v) is 17.8. The van der Waals surface area contributed by atoms with Gasteiger partial charge >= 0.3 is 0 Å². The van der Waals surface area contributed by atoms with Gasteiger partial charge in [-0.15, -0.1) is 0 Å². The van der Waals surface area contributed by atoms with Crippen molar-refractivity contribution in [1.82, 2.24) is 9.80 Å². The lowest BCUT2D eigenvalue weighted by atomic mass is 10.1. The highest BCUT2D eigenvalue weighted by molar-refractivity contribution is 5.99. The predicted molar refractivity (Wildman–Crippen MR) is 121 cm³/mol. The maximum absolute atomic E-state index is 12.9. The summed E-state index contributed by atoms with van der Waals surface area (Å²) in [7, 11) is 0. The number of amidine groups is 1. The van der Waals surface area contributed by atoms with Gasteiger partial charge in [0.1, 0.15) is 11.9 Å². The fourth-order valence-electron chi connectivity index (χ4n) is 4.46. The minimum atomic E-state index is -0.540. The van der Waals surface area contributed by atoms with E-state index < -0.39 is 6.04 Å². The van der Waals surface area contributed by atoms with Crippen LogP contribution in [0.3, 0.4) is 0 Å². The number of benzene rings is 2. The zero-order valence-electron chi connectivity index (χ0n) is 17.8. The van der Waals surface area contributed by atoms with E-state index in [9.17, 15) is 14.4 Å². The van der Waals surface area contributed by atoms with E-state index >= 15 is 0 Å². The molecule has 3 amide bonds. The van der Waals surface area contributed by atoms with Crippen LogP contribution >= 0.6 is 0 Å². The number of fused-ring (bicyclic) bond motifs is 1. The van der Waals surface area contributed by atoms with Gasteiger partial charge in [-0.3, -0.25) is 19.8 Å². The molecule has 2 aliphatic heterocycles. The Morgan fingerprint density at radius 2 is 1.78 bits per heavy atom. The number of nitrogens with zero attached hydrogens (tertiary/aromatic N) is 2. The van der Waals surface area contributed by atoms with E-state index in [0.717, 1.165) is 5.56 Å². The second kappa shape index (κ2) is 9.21. The third-order valence-electron chi connectivity index (χ3n) is 6.14. The lowest BCUT2D eigenvalue weighted by Gasteiger charge is -2.39. The van der Waals surface area contributed by atoms with Gasteiger partial charge in [0.25, 0.3) is 0 Å². The summed E-state index contributed by atoms with van der Waals surface area (Å²) >= 11 is 0. The SMILES string of the molecule is N=C(N)c1ccc(NC(=O)C2CCC3CN(C(=O)CCc4ccccc4)CC(=O)N32)cc1. The standard InChI is InChI=1S/C24H27N5O3/c25-23(26)17-7-9-18(10-8-17)27-24(32)20-12-11-19-14-28(15-22(31)29(19)20)21(30)13-6-16-4-2-1-3-5-16/h1-5,7-10,19-20H,6,11-15H2,(H3,25,26)(H,27,32). The van der Waals surface area contributed by atoms with E-state index in [-0.39, 0.29) is 36.1 Å². The van der Waals surface area contributed by atoms with Gasteiger partial charge in [-0.05, 0) is 49.1 Å². The van der Waals surface area contributed by atoms with Crippen molar-refractivity contribution in [1.29, 1.82) is 5.41 Å². The number of nitrogens with one attached hydrogen (secondary N) is 2. The maximum Gasteiger partial charge on any atom is 0.247 e. The van der Waals surface area contributed by atoms with Crippen molar-refractivity contribution in [2.75, 3.05) is 18.4 Å². The molecule has 32 heavy (non-hydrogen) atoms. The molecule has 0 saturated carbocycles. The van der Waals surface area contributed by atoms with Crippen LogP contribution in [0.5, 0.6) is 0 Å². The van der Waals surface area contributed by atoms with Gasteiger partial charge in [-0.2, -0.15) is 0 Å². The summed E-state index contributed by atoms with van der Waals surface area (Å²) < 4.78 is 0. The minimum Gasteiger partial charge on any atom is -0.384 e. The first kappa shape index (κ1) is 21.5. The molecule has 2 fully saturated rings.